The molecule has 0 bridgehead atoms. The first-order valence-corrected chi connectivity index (χ1v) is 18.6. The SMILES string of the molecule is C#Cc1c(C)cc(OCCOCCOC)cc1C.COCCOCCOc1cc(C)c(C#Cc2c(F)c(F)c(C#N)c(F)c2F)c(C)c1.N#Cc1c(F)c(F)c(Br)c(F)c1F. The molecule has 4 aromatic carbocycles. The van der Waals surface area contributed by atoms with Crippen molar-refractivity contribution in [3.05, 3.63) is 125 Å². The lowest BCUT2D eigenvalue weighted by Gasteiger charge is -2.11. The molecule has 0 aliphatic rings. The van der Waals surface area contributed by atoms with E-state index in [2.05, 4.69) is 33.7 Å². The summed E-state index contributed by atoms with van der Waals surface area (Å²) in [5.41, 5.74) is 1.13. The van der Waals surface area contributed by atoms with Crippen molar-refractivity contribution in [2.75, 3.05) is 67.1 Å². The summed E-state index contributed by atoms with van der Waals surface area (Å²) >= 11 is 2.30. The van der Waals surface area contributed by atoms with E-state index in [0.29, 0.717) is 75.3 Å². The maximum Gasteiger partial charge on any atom is 0.181 e. The third-order valence-electron chi connectivity index (χ3n) is 8.02. The summed E-state index contributed by atoms with van der Waals surface area (Å²) in [6.07, 6.45) is 5.45. The molecular weight excluding hydrogens is 884 g/mol. The Labute approximate surface area is 357 Å². The van der Waals surface area contributed by atoms with Crippen LogP contribution in [0.1, 0.15) is 50.1 Å². The molecule has 0 unspecified atom stereocenters. The molecule has 4 rings (SSSR count). The number of nitriles is 2. The summed E-state index contributed by atoms with van der Waals surface area (Å²) in [5, 5.41) is 16.8. The summed E-state index contributed by atoms with van der Waals surface area (Å²) in [5.74, 6) is -4.83. The maximum atomic E-state index is 14.0. The van der Waals surface area contributed by atoms with Gasteiger partial charge in [0, 0.05) is 25.3 Å². The third-order valence-corrected chi connectivity index (χ3v) is 8.72. The van der Waals surface area contributed by atoms with Crippen LogP contribution < -0.4 is 9.47 Å². The molecule has 0 N–H and O–H groups in total. The van der Waals surface area contributed by atoms with Gasteiger partial charge in [-0.2, -0.15) is 10.5 Å². The van der Waals surface area contributed by atoms with Crippen LogP contribution in [0.15, 0.2) is 28.7 Å². The van der Waals surface area contributed by atoms with Gasteiger partial charge >= 0.3 is 0 Å². The van der Waals surface area contributed by atoms with E-state index in [0.717, 1.165) is 34.6 Å². The van der Waals surface area contributed by atoms with Gasteiger partial charge < -0.3 is 28.4 Å². The van der Waals surface area contributed by atoms with Crippen molar-refractivity contribution in [1.82, 2.24) is 0 Å². The van der Waals surface area contributed by atoms with Crippen molar-refractivity contribution in [3.63, 3.8) is 0 Å². The summed E-state index contributed by atoms with van der Waals surface area (Å²) in [7, 11) is 3.23. The fourth-order valence-electron chi connectivity index (χ4n) is 5.03. The van der Waals surface area contributed by atoms with Crippen LogP contribution >= 0.6 is 15.9 Å². The molecule has 0 fully saturated rings. The summed E-state index contributed by atoms with van der Waals surface area (Å²) in [6, 6.07) is 9.39. The second-order valence-electron chi connectivity index (χ2n) is 12.3. The summed E-state index contributed by atoms with van der Waals surface area (Å²) in [4.78, 5) is 0. The van der Waals surface area contributed by atoms with Gasteiger partial charge in [-0.3, -0.25) is 0 Å². The van der Waals surface area contributed by atoms with E-state index in [9.17, 15) is 35.1 Å². The number of halogens is 9. The second-order valence-corrected chi connectivity index (χ2v) is 13.1. The van der Waals surface area contributed by atoms with Crippen LogP contribution in [0.25, 0.3) is 0 Å². The fraction of sp³-hybridized carbons (Fsp3) is 0.318. The van der Waals surface area contributed by atoms with Crippen molar-refractivity contribution in [2.24, 2.45) is 0 Å². The average Bonchev–Trinajstić information content (AvgIpc) is 3.23. The highest BCUT2D eigenvalue weighted by atomic mass is 79.9. The highest BCUT2D eigenvalue weighted by Crippen LogP contribution is 2.28. The van der Waals surface area contributed by atoms with Gasteiger partial charge in [0.15, 0.2) is 46.5 Å². The Morgan fingerprint density at radius 3 is 1.13 bits per heavy atom. The Morgan fingerprint density at radius 1 is 0.475 bits per heavy atom. The monoisotopic (exact) mass is 922 g/mol. The molecule has 17 heteroatoms. The number of benzene rings is 4. The van der Waals surface area contributed by atoms with Crippen LogP contribution in [0.3, 0.4) is 0 Å². The first kappa shape index (κ1) is 51.5. The standard InChI is InChI=1S/C22H19F4NO3.C15H20O3.C7BrF4N/c1-13-10-15(30-9-8-29-7-6-28-3)11-14(2)16(13)4-5-17-19(23)21(25)18(12-27)22(26)20(17)24;1-5-15-12(2)10-14(11-13(15)3)18-9-8-17-7-6-16-4;8-3-6(11)4(9)2(1-13)5(10)7(3)12/h10-11H,6-9H2,1-3H3;1,10-11H,6-9H2,2-4H3;. The molecule has 0 radical (unpaired) electrons. The van der Waals surface area contributed by atoms with Gasteiger partial charge in [0.25, 0.3) is 0 Å². The number of hydrogen-bond donors (Lipinski definition) is 0. The Kier molecular flexibility index (Phi) is 21.8. The minimum atomic E-state index is -1.77. The topological polar surface area (TPSA) is 103 Å². The molecule has 0 atom stereocenters. The molecule has 0 spiro atoms. The number of hydrogen-bond acceptors (Lipinski definition) is 8. The molecule has 0 saturated carbocycles. The number of rotatable bonds is 14. The minimum Gasteiger partial charge on any atom is -0.491 e. The Bertz CT molecular complexity index is 2260. The Morgan fingerprint density at radius 2 is 0.787 bits per heavy atom. The number of methoxy groups -OCH3 is 2. The van der Waals surface area contributed by atoms with E-state index >= 15 is 0 Å². The van der Waals surface area contributed by atoms with Crippen molar-refractivity contribution < 1.29 is 63.5 Å². The minimum absolute atomic E-state index is 0.313. The second kappa shape index (κ2) is 25.8. The first-order valence-electron chi connectivity index (χ1n) is 17.8. The molecule has 8 nitrogen and oxygen atoms in total. The third kappa shape index (κ3) is 14.5. The molecule has 0 saturated heterocycles. The van der Waals surface area contributed by atoms with Crippen LogP contribution in [0.2, 0.25) is 0 Å². The van der Waals surface area contributed by atoms with Crippen molar-refractivity contribution in [1.29, 1.82) is 10.5 Å². The van der Waals surface area contributed by atoms with E-state index < -0.39 is 67.7 Å². The fourth-order valence-corrected chi connectivity index (χ4v) is 5.38. The predicted octanol–water partition coefficient (Wildman–Crippen LogP) is 9.38. The molecule has 324 valence electrons. The molecule has 0 aromatic heterocycles. The van der Waals surface area contributed by atoms with Gasteiger partial charge in [0.2, 0.25) is 0 Å². The van der Waals surface area contributed by atoms with Crippen LogP contribution in [-0.2, 0) is 18.9 Å². The molecule has 0 aliphatic carbocycles. The van der Waals surface area contributed by atoms with Crippen molar-refractivity contribution in [2.45, 2.75) is 27.7 Å². The van der Waals surface area contributed by atoms with Crippen LogP contribution in [0.4, 0.5) is 35.1 Å². The highest BCUT2D eigenvalue weighted by Gasteiger charge is 2.25. The first-order chi connectivity index (χ1) is 29.0. The average molecular weight is 924 g/mol. The zero-order chi connectivity index (χ0) is 45.8. The number of ether oxygens (including phenoxy) is 6. The highest BCUT2D eigenvalue weighted by molar-refractivity contribution is 9.10. The van der Waals surface area contributed by atoms with Gasteiger partial charge in [-0.25, -0.2) is 35.1 Å². The van der Waals surface area contributed by atoms with Crippen molar-refractivity contribution in [3.8, 4) is 47.8 Å². The normalized spacial score (nSPS) is 10.2. The summed E-state index contributed by atoms with van der Waals surface area (Å²) in [6.45, 7) is 11.3. The van der Waals surface area contributed by atoms with Gasteiger partial charge in [-0.1, -0.05) is 17.8 Å². The quantitative estimate of drug-likeness (QED) is 0.0406. The molecule has 0 aliphatic heterocycles. The lowest BCUT2D eigenvalue weighted by molar-refractivity contribution is 0.0544. The predicted molar refractivity (Wildman–Crippen MR) is 212 cm³/mol. The largest absolute Gasteiger partial charge is 0.491 e. The van der Waals surface area contributed by atoms with Crippen LogP contribution in [0.5, 0.6) is 11.5 Å². The van der Waals surface area contributed by atoms with E-state index in [1.165, 1.54) is 0 Å². The molecule has 0 amide bonds. The van der Waals surface area contributed by atoms with E-state index in [1.807, 2.05) is 26.0 Å². The van der Waals surface area contributed by atoms with Crippen molar-refractivity contribution >= 4 is 15.9 Å². The van der Waals surface area contributed by atoms with E-state index in [4.69, 9.17) is 45.4 Å². The van der Waals surface area contributed by atoms with Crippen LogP contribution in [0, 0.1) is 121 Å². The van der Waals surface area contributed by atoms with Crippen LogP contribution in [-0.4, -0.2) is 67.1 Å². The molecular formula is C44H39BrF8N2O6. The van der Waals surface area contributed by atoms with E-state index in [1.54, 1.807) is 40.2 Å². The Balaban J connectivity index is 0.000000349. The smallest absolute Gasteiger partial charge is 0.181 e. The summed E-state index contributed by atoms with van der Waals surface area (Å²) < 4.78 is 137. The zero-order valence-corrected chi connectivity index (χ0v) is 35.4. The van der Waals surface area contributed by atoms with Gasteiger partial charge in [-0.05, 0) is 90.1 Å². The lowest BCUT2D eigenvalue weighted by Crippen LogP contribution is -2.10. The number of nitrogens with zero attached hydrogens (tertiary/aromatic N) is 2. The van der Waals surface area contributed by atoms with Gasteiger partial charge in [-0.15, -0.1) is 6.42 Å². The molecule has 4 aromatic rings. The number of aryl methyl sites for hydroxylation is 4. The van der Waals surface area contributed by atoms with Gasteiger partial charge in [0.1, 0.15) is 53.5 Å². The Hall–Kier alpha value is -5.66. The maximum absolute atomic E-state index is 14.0. The van der Waals surface area contributed by atoms with E-state index in [-0.39, 0.29) is 0 Å². The van der Waals surface area contributed by atoms with Gasteiger partial charge in [0.05, 0.1) is 44.1 Å². The molecule has 61 heavy (non-hydrogen) atoms. The number of terminal acetylenes is 1. The lowest BCUT2D eigenvalue weighted by atomic mass is 10.0. The molecule has 0 heterocycles. The zero-order valence-electron chi connectivity index (χ0n) is 33.8.